The maximum absolute atomic E-state index is 8.95. The summed E-state index contributed by atoms with van der Waals surface area (Å²) in [5, 5.41) is 10.7. The third-order valence-corrected chi connectivity index (χ3v) is 4.95. The smallest absolute Gasteiger partial charge is 0.292 e. The summed E-state index contributed by atoms with van der Waals surface area (Å²) < 4.78 is 3.86. The Morgan fingerprint density at radius 1 is 1.33 bits per heavy atom. The van der Waals surface area contributed by atoms with E-state index in [-0.39, 0.29) is 10.7 Å². The van der Waals surface area contributed by atoms with Gasteiger partial charge in [-0.25, -0.2) is 0 Å². The molecule has 4 rings (SSSR count). The maximum atomic E-state index is 8.95. The van der Waals surface area contributed by atoms with Gasteiger partial charge >= 0.3 is 0 Å². The molecule has 2 N–H and O–H groups in total. The molecule has 1 saturated carbocycles. The van der Waals surface area contributed by atoms with Crippen LogP contribution < -0.4 is 10.2 Å². The number of aromatic amines is 1. The number of hydrogen-bond acceptors (Lipinski definition) is 8. The molecule has 0 bridgehead atoms. The van der Waals surface area contributed by atoms with Crippen molar-refractivity contribution in [2.24, 2.45) is 5.41 Å². The van der Waals surface area contributed by atoms with Crippen molar-refractivity contribution in [1.29, 1.82) is 0 Å². The van der Waals surface area contributed by atoms with Gasteiger partial charge in [0.2, 0.25) is 17.2 Å². The van der Waals surface area contributed by atoms with E-state index in [2.05, 4.69) is 73.7 Å². The third kappa shape index (κ3) is 6.32. The van der Waals surface area contributed by atoms with Crippen LogP contribution >= 0.6 is 11.6 Å². The van der Waals surface area contributed by atoms with Gasteiger partial charge in [0.05, 0.1) is 7.11 Å². The SMILES string of the molecule is C#C.COC=O.C[C@H]1CC(C)(C)CN1c1nc(Cl)nc(Nc2cc(C3CC3)[nH]n2)n1. The van der Waals surface area contributed by atoms with Gasteiger partial charge in [0, 0.05) is 30.3 Å². The first-order chi connectivity index (χ1) is 14.3. The molecule has 30 heavy (non-hydrogen) atoms. The van der Waals surface area contributed by atoms with Gasteiger partial charge in [-0.15, -0.1) is 12.8 Å². The Labute approximate surface area is 182 Å². The van der Waals surface area contributed by atoms with Gasteiger partial charge < -0.3 is 15.0 Å². The van der Waals surface area contributed by atoms with Crippen molar-refractivity contribution >= 4 is 35.8 Å². The lowest BCUT2D eigenvalue weighted by Crippen LogP contribution is -2.30. The van der Waals surface area contributed by atoms with Crippen molar-refractivity contribution in [2.45, 2.75) is 52.0 Å². The van der Waals surface area contributed by atoms with Crippen LogP contribution in [0.5, 0.6) is 0 Å². The molecule has 0 aromatic carbocycles. The van der Waals surface area contributed by atoms with Crippen molar-refractivity contribution in [3.8, 4) is 12.8 Å². The largest absolute Gasteiger partial charge is 0.471 e. The number of H-pyrrole nitrogens is 1. The van der Waals surface area contributed by atoms with E-state index in [4.69, 9.17) is 16.4 Å². The lowest BCUT2D eigenvalue weighted by molar-refractivity contribution is -0.126. The zero-order valence-electron chi connectivity index (χ0n) is 17.7. The van der Waals surface area contributed by atoms with E-state index in [1.807, 2.05) is 6.07 Å². The molecule has 10 heteroatoms. The Bertz CT molecular complexity index is 864. The summed E-state index contributed by atoms with van der Waals surface area (Å²) >= 11 is 6.12. The van der Waals surface area contributed by atoms with Crippen molar-refractivity contribution in [1.82, 2.24) is 25.1 Å². The lowest BCUT2D eigenvalue weighted by Gasteiger charge is -2.22. The standard InChI is InChI=1S/C16H22ClN7.C2H4O2.C2H2/c1-9-7-16(2,3)8-24(9)15-20-13(17)19-14(21-15)18-12-6-11(22-23-12)10-4-5-10;1-4-2-3;1-2/h6,9-10H,4-5,7-8H2,1-3H3,(H2,18,19,20,21,22,23);2H,1H3;1-2H/t9-;;/m0../s1. The average molecular weight is 434 g/mol. The maximum Gasteiger partial charge on any atom is 0.292 e. The number of aromatic nitrogens is 5. The summed E-state index contributed by atoms with van der Waals surface area (Å²) in [6.07, 6.45) is 11.6. The fraction of sp³-hybridized carbons (Fsp3) is 0.550. The second-order valence-corrected chi connectivity index (χ2v) is 8.35. The number of anilines is 3. The number of carbonyl (C=O) groups excluding carboxylic acids is 1. The number of ether oxygens (including phenoxy) is 1. The molecule has 0 amide bonds. The van der Waals surface area contributed by atoms with Crippen molar-refractivity contribution in [3.63, 3.8) is 0 Å². The van der Waals surface area contributed by atoms with Crippen molar-refractivity contribution < 1.29 is 9.53 Å². The van der Waals surface area contributed by atoms with Crippen LogP contribution in [0.25, 0.3) is 0 Å². The molecule has 2 aromatic heterocycles. The monoisotopic (exact) mass is 433 g/mol. The van der Waals surface area contributed by atoms with E-state index in [0.717, 1.165) is 18.7 Å². The molecule has 3 heterocycles. The Balaban J connectivity index is 0.000000481. The highest BCUT2D eigenvalue weighted by Gasteiger charge is 2.36. The first-order valence-corrected chi connectivity index (χ1v) is 9.99. The Hall–Kier alpha value is -2.86. The molecule has 1 aliphatic carbocycles. The highest BCUT2D eigenvalue weighted by Crippen LogP contribution is 2.40. The summed E-state index contributed by atoms with van der Waals surface area (Å²) in [6, 6.07) is 2.38. The Morgan fingerprint density at radius 2 is 2.00 bits per heavy atom. The van der Waals surface area contributed by atoms with Crippen LogP contribution in [0, 0.1) is 18.3 Å². The summed E-state index contributed by atoms with van der Waals surface area (Å²) in [7, 11) is 1.31. The fourth-order valence-corrected chi connectivity index (χ4v) is 3.66. The predicted octanol–water partition coefficient (Wildman–Crippen LogP) is 3.53. The number of hydrogen-bond donors (Lipinski definition) is 2. The average Bonchev–Trinajstić information content (AvgIpc) is 3.39. The van der Waals surface area contributed by atoms with Crippen molar-refractivity contribution in [2.75, 3.05) is 23.9 Å². The van der Waals surface area contributed by atoms with Gasteiger partial charge in [-0.3, -0.25) is 9.89 Å². The fourth-order valence-electron chi connectivity index (χ4n) is 3.50. The molecule has 1 aliphatic heterocycles. The minimum absolute atomic E-state index is 0.192. The highest BCUT2D eigenvalue weighted by molar-refractivity contribution is 6.28. The van der Waals surface area contributed by atoms with E-state index in [1.54, 1.807) is 0 Å². The van der Waals surface area contributed by atoms with Crippen LogP contribution in [0.15, 0.2) is 6.07 Å². The second-order valence-electron chi connectivity index (χ2n) is 8.01. The molecule has 0 spiro atoms. The van der Waals surface area contributed by atoms with Crippen molar-refractivity contribution in [3.05, 3.63) is 17.0 Å². The van der Waals surface area contributed by atoms with E-state index >= 15 is 0 Å². The van der Waals surface area contributed by atoms with E-state index in [0.29, 0.717) is 36.1 Å². The van der Waals surface area contributed by atoms with Gasteiger partial charge in [0.1, 0.15) is 0 Å². The van der Waals surface area contributed by atoms with Gasteiger partial charge in [0.25, 0.3) is 6.47 Å². The van der Waals surface area contributed by atoms with Gasteiger partial charge in [0.15, 0.2) is 5.82 Å². The van der Waals surface area contributed by atoms with Crippen LogP contribution in [-0.2, 0) is 9.53 Å². The molecule has 9 nitrogen and oxygen atoms in total. The van der Waals surface area contributed by atoms with Crippen LogP contribution in [0.2, 0.25) is 5.28 Å². The molecule has 1 atom stereocenters. The van der Waals surface area contributed by atoms with Crippen LogP contribution in [0.3, 0.4) is 0 Å². The molecular weight excluding hydrogens is 406 g/mol. The molecular formula is C20H28ClN7O2. The number of carbonyl (C=O) groups is 1. The number of terminal acetylenes is 1. The first-order valence-electron chi connectivity index (χ1n) is 9.61. The molecule has 0 radical (unpaired) electrons. The van der Waals surface area contributed by atoms with Crippen LogP contribution in [-0.4, -0.2) is 51.3 Å². The Morgan fingerprint density at radius 3 is 2.53 bits per heavy atom. The first kappa shape index (κ1) is 23.4. The van der Waals surface area contributed by atoms with Gasteiger partial charge in [-0.1, -0.05) is 13.8 Å². The zero-order chi connectivity index (χ0) is 22.3. The predicted molar refractivity (Wildman–Crippen MR) is 117 cm³/mol. The summed E-state index contributed by atoms with van der Waals surface area (Å²) in [4.78, 5) is 24.2. The number of nitrogens with one attached hydrogen (secondary N) is 2. The second kappa shape index (κ2) is 10.3. The topological polar surface area (TPSA) is 109 Å². The molecule has 1 saturated heterocycles. The van der Waals surface area contributed by atoms with Crippen LogP contribution in [0.4, 0.5) is 17.7 Å². The van der Waals surface area contributed by atoms with Crippen LogP contribution in [0.1, 0.15) is 51.6 Å². The Kier molecular flexibility index (Phi) is 8.00. The van der Waals surface area contributed by atoms with Gasteiger partial charge in [-0.2, -0.15) is 20.1 Å². The summed E-state index contributed by atoms with van der Waals surface area (Å²) in [6.45, 7) is 7.99. The third-order valence-electron chi connectivity index (χ3n) is 4.78. The molecule has 2 aliphatic rings. The molecule has 2 fully saturated rings. The summed E-state index contributed by atoms with van der Waals surface area (Å²) in [5.74, 6) is 2.38. The highest BCUT2D eigenvalue weighted by atomic mass is 35.5. The number of methoxy groups -OCH3 is 1. The van der Waals surface area contributed by atoms with Gasteiger partial charge in [-0.05, 0) is 43.2 Å². The van der Waals surface area contributed by atoms with E-state index < -0.39 is 0 Å². The minimum atomic E-state index is 0.192. The molecule has 162 valence electrons. The quantitative estimate of drug-likeness (QED) is 0.544. The summed E-state index contributed by atoms with van der Waals surface area (Å²) in [5.41, 5.74) is 1.40. The molecule has 2 aromatic rings. The molecule has 0 unspecified atom stereocenters. The number of halogens is 1. The number of rotatable bonds is 5. The van der Waals surface area contributed by atoms with E-state index in [9.17, 15) is 0 Å². The zero-order valence-corrected chi connectivity index (χ0v) is 18.5. The number of nitrogens with zero attached hydrogens (tertiary/aromatic N) is 5. The lowest BCUT2D eigenvalue weighted by atomic mass is 9.91. The minimum Gasteiger partial charge on any atom is -0.471 e. The van der Waals surface area contributed by atoms with E-state index in [1.165, 1.54) is 20.0 Å². The normalized spacial score (nSPS) is 19.0.